The lowest BCUT2D eigenvalue weighted by atomic mass is 10.0. The van der Waals surface area contributed by atoms with E-state index in [2.05, 4.69) is 41.5 Å². The average molecular weight is 685 g/mol. The van der Waals surface area contributed by atoms with Crippen molar-refractivity contribution in [2.24, 2.45) is 17.8 Å². The molecule has 1 saturated heterocycles. The highest BCUT2D eigenvalue weighted by molar-refractivity contribution is 6.96. The summed E-state index contributed by atoms with van der Waals surface area (Å²) in [5, 5.41) is 0. The summed E-state index contributed by atoms with van der Waals surface area (Å²) < 4.78 is 43.3. The van der Waals surface area contributed by atoms with Gasteiger partial charge >= 0.3 is 25.7 Å². The van der Waals surface area contributed by atoms with Gasteiger partial charge in [-0.25, -0.2) is 0 Å². The maximum absolute atomic E-state index is 8.01. The van der Waals surface area contributed by atoms with Crippen molar-refractivity contribution >= 4 is 25.7 Å². The summed E-state index contributed by atoms with van der Waals surface area (Å²) in [6.07, 6.45) is 19.5. The fourth-order valence-electron chi connectivity index (χ4n) is 8.59. The zero-order chi connectivity index (χ0) is 32.2. The first-order valence-electron chi connectivity index (χ1n) is 19.5. The molecule has 4 fully saturated rings. The van der Waals surface area contributed by atoms with Crippen molar-refractivity contribution < 1.29 is 26.6 Å². The third-order valence-corrected chi connectivity index (χ3v) is 27.3. The van der Waals surface area contributed by atoms with Crippen molar-refractivity contribution in [1.82, 2.24) is 0 Å². The maximum Gasteiger partial charge on any atom is 0.326 e. The molecule has 3 saturated carbocycles. The lowest BCUT2D eigenvalue weighted by Crippen LogP contribution is -2.74. The third-order valence-electron chi connectivity index (χ3n) is 10.9. The molecule has 0 N–H and O–H groups in total. The standard InChI is InChI=1S/C36H72O6Si3/c1-31(2)28-37-22-25-43(34-16-10-7-11-17-34)40-44(26-23-38-29-32(3)4,35-18-12-8-13-19-35)42-45(41-43,27-24-39-30-33(5)6)36-20-14-9-15-21-36/h31-36H,7-30H2,1-6H3. The van der Waals surface area contributed by atoms with Crippen LogP contribution in [0.1, 0.15) is 138 Å². The van der Waals surface area contributed by atoms with Gasteiger partial charge < -0.3 is 26.6 Å². The summed E-state index contributed by atoms with van der Waals surface area (Å²) in [6.45, 7) is 18.3. The molecule has 4 aliphatic rings. The van der Waals surface area contributed by atoms with Crippen LogP contribution in [0, 0.1) is 17.8 Å². The monoisotopic (exact) mass is 684 g/mol. The van der Waals surface area contributed by atoms with Crippen molar-refractivity contribution in [1.29, 1.82) is 0 Å². The van der Waals surface area contributed by atoms with Gasteiger partial charge in [-0.1, -0.05) is 99.3 Å². The van der Waals surface area contributed by atoms with Gasteiger partial charge in [0.2, 0.25) is 0 Å². The Balaban J connectivity index is 1.77. The van der Waals surface area contributed by atoms with E-state index in [1.54, 1.807) is 0 Å². The zero-order valence-corrected chi connectivity index (χ0v) is 33.4. The largest absolute Gasteiger partial charge is 0.415 e. The molecule has 0 aromatic heterocycles. The lowest BCUT2D eigenvalue weighted by Gasteiger charge is -2.60. The summed E-state index contributed by atoms with van der Waals surface area (Å²) in [7, 11) is -8.08. The van der Waals surface area contributed by atoms with E-state index in [1.165, 1.54) is 96.3 Å². The van der Waals surface area contributed by atoms with E-state index in [0.717, 1.165) is 57.8 Å². The SMILES string of the molecule is CC(C)COCC[Si]1(C2CCCCC2)O[Si](CCOCC(C)C)(C2CCCCC2)O[Si](CCOCC(C)C)(C2CCCCC2)O1. The van der Waals surface area contributed by atoms with E-state index in [4.69, 9.17) is 26.6 Å². The van der Waals surface area contributed by atoms with E-state index in [1.807, 2.05) is 0 Å². The molecule has 0 radical (unpaired) electrons. The first-order valence-corrected chi connectivity index (χ1v) is 25.8. The molecule has 0 amide bonds. The molecule has 4 rings (SSSR count). The molecule has 1 aliphatic heterocycles. The molecule has 264 valence electrons. The molecule has 0 aromatic rings. The average Bonchev–Trinajstić information content (AvgIpc) is 3.04. The van der Waals surface area contributed by atoms with Crippen LogP contribution >= 0.6 is 0 Å². The van der Waals surface area contributed by atoms with Gasteiger partial charge in [-0.2, -0.15) is 0 Å². The number of hydrogen-bond donors (Lipinski definition) is 0. The fraction of sp³-hybridized carbons (Fsp3) is 1.00. The Bertz CT molecular complexity index is 698. The minimum Gasteiger partial charge on any atom is -0.415 e. The topological polar surface area (TPSA) is 55.4 Å². The molecular formula is C36H72O6Si3. The molecule has 9 heteroatoms. The van der Waals surface area contributed by atoms with Crippen LogP contribution < -0.4 is 0 Å². The summed E-state index contributed by atoms with van der Waals surface area (Å²) in [5.74, 6) is 1.62. The quantitative estimate of drug-likeness (QED) is 0.106. The molecule has 0 spiro atoms. The van der Waals surface area contributed by atoms with Gasteiger partial charge in [0.25, 0.3) is 0 Å². The molecule has 3 aliphatic carbocycles. The predicted octanol–water partition coefficient (Wildman–Crippen LogP) is 10.4. The number of hydrogen-bond acceptors (Lipinski definition) is 6. The van der Waals surface area contributed by atoms with Gasteiger partial charge in [0.15, 0.2) is 0 Å². The summed E-state index contributed by atoms with van der Waals surface area (Å²) in [4.78, 5) is 0. The number of ether oxygens (including phenoxy) is 3. The van der Waals surface area contributed by atoms with E-state index < -0.39 is 25.7 Å². The Morgan fingerprint density at radius 3 is 0.889 bits per heavy atom. The van der Waals surface area contributed by atoms with E-state index in [0.29, 0.717) is 34.4 Å². The second kappa shape index (κ2) is 19.0. The second-order valence-electron chi connectivity index (χ2n) is 16.4. The van der Waals surface area contributed by atoms with Crippen LogP contribution in [0.2, 0.25) is 34.8 Å². The number of rotatable bonds is 18. The Morgan fingerprint density at radius 2 is 0.667 bits per heavy atom. The molecule has 0 bridgehead atoms. The summed E-state index contributed by atoms with van der Waals surface area (Å²) in [6, 6.07) is 2.91. The Kier molecular flexibility index (Phi) is 16.1. The van der Waals surface area contributed by atoms with Crippen LogP contribution in [0.5, 0.6) is 0 Å². The first-order chi connectivity index (χ1) is 21.7. The minimum atomic E-state index is -2.69. The zero-order valence-electron chi connectivity index (χ0n) is 30.4. The van der Waals surface area contributed by atoms with Crippen LogP contribution in [0.3, 0.4) is 0 Å². The highest BCUT2D eigenvalue weighted by atomic mass is 28.5. The molecular weight excluding hydrogens is 613 g/mol. The molecule has 0 unspecified atom stereocenters. The van der Waals surface area contributed by atoms with Gasteiger partial charge in [0.05, 0.1) is 0 Å². The lowest BCUT2D eigenvalue weighted by molar-refractivity contribution is 0.0924. The highest BCUT2D eigenvalue weighted by Crippen LogP contribution is 2.56. The smallest absolute Gasteiger partial charge is 0.326 e. The predicted molar refractivity (Wildman–Crippen MR) is 192 cm³/mol. The van der Waals surface area contributed by atoms with Crippen LogP contribution in [0.4, 0.5) is 0 Å². The highest BCUT2D eigenvalue weighted by Gasteiger charge is 2.67. The van der Waals surface area contributed by atoms with Crippen molar-refractivity contribution in [3.05, 3.63) is 0 Å². The van der Waals surface area contributed by atoms with Crippen LogP contribution in [0.25, 0.3) is 0 Å². The van der Waals surface area contributed by atoms with Crippen molar-refractivity contribution in [3.8, 4) is 0 Å². The van der Waals surface area contributed by atoms with E-state index >= 15 is 0 Å². The minimum absolute atomic E-state index is 0.538. The fourth-order valence-corrected chi connectivity index (χ4v) is 30.1. The molecule has 1 heterocycles. The molecule has 0 atom stereocenters. The Hall–Kier alpha value is 0.411. The van der Waals surface area contributed by atoms with E-state index in [9.17, 15) is 0 Å². The normalized spacial score (nSPS) is 31.4. The Morgan fingerprint density at radius 1 is 0.422 bits per heavy atom. The van der Waals surface area contributed by atoms with Crippen molar-refractivity contribution in [3.63, 3.8) is 0 Å². The van der Waals surface area contributed by atoms with Gasteiger partial charge in [0.1, 0.15) is 0 Å². The third kappa shape index (κ3) is 11.2. The maximum atomic E-state index is 8.01. The van der Waals surface area contributed by atoms with Gasteiger partial charge in [-0.3, -0.25) is 0 Å². The summed E-state index contributed by atoms with van der Waals surface area (Å²) >= 11 is 0. The first kappa shape index (κ1) is 38.2. The Labute approximate surface area is 281 Å². The van der Waals surface area contributed by atoms with Crippen molar-refractivity contribution in [2.45, 2.75) is 173 Å². The van der Waals surface area contributed by atoms with Gasteiger partial charge in [0, 0.05) is 74.4 Å². The van der Waals surface area contributed by atoms with Gasteiger partial charge in [-0.15, -0.1) is 0 Å². The van der Waals surface area contributed by atoms with Crippen molar-refractivity contribution in [2.75, 3.05) is 39.6 Å². The van der Waals surface area contributed by atoms with Gasteiger partial charge in [-0.05, 0) is 56.3 Å². The molecule has 45 heavy (non-hydrogen) atoms. The molecule has 6 nitrogen and oxygen atoms in total. The van der Waals surface area contributed by atoms with Crippen LogP contribution in [0.15, 0.2) is 0 Å². The summed E-state index contributed by atoms with van der Waals surface area (Å²) in [5.41, 5.74) is 1.66. The van der Waals surface area contributed by atoms with Crippen LogP contribution in [-0.4, -0.2) is 65.3 Å². The second-order valence-corrected chi connectivity index (χ2v) is 27.7. The van der Waals surface area contributed by atoms with E-state index in [-0.39, 0.29) is 0 Å². The van der Waals surface area contributed by atoms with Crippen LogP contribution in [-0.2, 0) is 26.6 Å². The molecule has 0 aromatic carbocycles.